The van der Waals surface area contributed by atoms with Crippen LogP contribution in [0.2, 0.25) is 0 Å². The van der Waals surface area contributed by atoms with Gasteiger partial charge in [0.1, 0.15) is 5.82 Å². The molecular formula is C11H12N2. The van der Waals surface area contributed by atoms with Crippen LogP contribution in [0.25, 0.3) is 11.4 Å². The fourth-order valence-corrected chi connectivity index (χ4v) is 1.59. The molecular weight excluding hydrogens is 160 g/mol. The summed E-state index contributed by atoms with van der Waals surface area (Å²) in [5.41, 5.74) is 3.73. The number of H-pyrrole nitrogens is 1. The molecule has 0 bridgehead atoms. The molecule has 0 saturated carbocycles. The Bertz CT molecular complexity index is 382. The van der Waals surface area contributed by atoms with Crippen molar-refractivity contribution in [2.45, 2.75) is 13.8 Å². The predicted molar refractivity (Wildman–Crippen MR) is 53.5 cm³/mol. The lowest BCUT2D eigenvalue weighted by Gasteiger charge is -2.05. The minimum absolute atomic E-state index is 0.954. The summed E-state index contributed by atoms with van der Waals surface area (Å²) >= 11 is 0. The molecule has 0 spiro atoms. The number of hydrogen-bond donors (Lipinski definition) is 1. The highest BCUT2D eigenvalue weighted by Crippen LogP contribution is 2.23. The van der Waals surface area contributed by atoms with Crippen molar-refractivity contribution in [3.63, 3.8) is 0 Å². The average Bonchev–Trinajstić information content (AvgIpc) is 2.57. The second kappa shape index (κ2) is 3.05. The Hall–Kier alpha value is -1.57. The first kappa shape index (κ1) is 8.05. The average molecular weight is 172 g/mol. The molecule has 66 valence electrons. The van der Waals surface area contributed by atoms with E-state index in [1.165, 1.54) is 16.7 Å². The van der Waals surface area contributed by atoms with Gasteiger partial charge in [0.15, 0.2) is 0 Å². The molecule has 0 saturated heterocycles. The number of hydrogen-bond acceptors (Lipinski definition) is 1. The van der Waals surface area contributed by atoms with E-state index in [0.717, 1.165) is 5.82 Å². The lowest BCUT2D eigenvalue weighted by molar-refractivity contribution is 1.26. The molecule has 1 aromatic carbocycles. The topological polar surface area (TPSA) is 28.7 Å². The fourth-order valence-electron chi connectivity index (χ4n) is 1.59. The van der Waals surface area contributed by atoms with Gasteiger partial charge in [-0.05, 0) is 25.0 Å². The summed E-state index contributed by atoms with van der Waals surface area (Å²) in [6, 6.07) is 6.27. The molecule has 2 aromatic rings. The van der Waals surface area contributed by atoms with Gasteiger partial charge in [-0.15, -0.1) is 0 Å². The first-order valence-corrected chi connectivity index (χ1v) is 4.35. The quantitative estimate of drug-likeness (QED) is 0.704. The SMILES string of the molecule is Cc1cccc(C)c1-c1ncc[nH]1. The molecule has 0 amide bonds. The Kier molecular flexibility index (Phi) is 1.89. The van der Waals surface area contributed by atoms with Crippen LogP contribution in [0.1, 0.15) is 11.1 Å². The first-order chi connectivity index (χ1) is 6.29. The Labute approximate surface area is 77.6 Å². The van der Waals surface area contributed by atoms with Crippen LogP contribution in [0, 0.1) is 13.8 Å². The van der Waals surface area contributed by atoms with Gasteiger partial charge in [0, 0.05) is 18.0 Å². The zero-order chi connectivity index (χ0) is 9.26. The second-order valence-corrected chi connectivity index (χ2v) is 3.20. The molecule has 0 atom stereocenters. The highest BCUT2D eigenvalue weighted by Gasteiger charge is 2.05. The fraction of sp³-hybridized carbons (Fsp3) is 0.182. The van der Waals surface area contributed by atoms with Crippen LogP contribution in [-0.2, 0) is 0 Å². The summed E-state index contributed by atoms with van der Waals surface area (Å²) in [7, 11) is 0. The van der Waals surface area contributed by atoms with Gasteiger partial charge >= 0.3 is 0 Å². The Morgan fingerprint density at radius 1 is 1.15 bits per heavy atom. The summed E-state index contributed by atoms with van der Waals surface area (Å²) in [6.45, 7) is 4.20. The predicted octanol–water partition coefficient (Wildman–Crippen LogP) is 2.69. The summed E-state index contributed by atoms with van der Waals surface area (Å²) < 4.78 is 0. The Morgan fingerprint density at radius 2 is 1.85 bits per heavy atom. The number of nitrogens with zero attached hydrogens (tertiary/aromatic N) is 1. The van der Waals surface area contributed by atoms with Gasteiger partial charge in [0.2, 0.25) is 0 Å². The molecule has 1 N–H and O–H groups in total. The van der Waals surface area contributed by atoms with Gasteiger partial charge in [0.05, 0.1) is 0 Å². The zero-order valence-electron chi connectivity index (χ0n) is 7.83. The maximum atomic E-state index is 4.25. The standard InChI is InChI=1S/C11H12N2/c1-8-4-3-5-9(2)10(8)11-12-6-7-13-11/h3-7H,1-2H3,(H,12,13). The van der Waals surface area contributed by atoms with Gasteiger partial charge < -0.3 is 4.98 Å². The van der Waals surface area contributed by atoms with Crippen LogP contribution >= 0.6 is 0 Å². The lowest BCUT2D eigenvalue weighted by atomic mass is 10.0. The molecule has 0 aliphatic carbocycles. The number of nitrogens with one attached hydrogen (secondary N) is 1. The summed E-state index contributed by atoms with van der Waals surface area (Å²) in [6.07, 6.45) is 3.63. The number of benzene rings is 1. The number of aryl methyl sites for hydroxylation is 2. The van der Waals surface area contributed by atoms with E-state index in [9.17, 15) is 0 Å². The lowest BCUT2D eigenvalue weighted by Crippen LogP contribution is -1.88. The van der Waals surface area contributed by atoms with E-state index in [1.54, 1.807) is 6.20 Å². The summed E-state index contributed by atoms with van der Waals surface area (Å²) in [5, 5.41) is 0. The number of imidazole rings is 1. The maximum absolute atomic E-state index is 4.25. The van der Waals surface area contributed by atoms with Gasteiger partial charge in [-0.2, -0.15) is 0 Å². The van der Waals surface area contributed by atoms with Crippen LogP contribution in [0.4, 0.5) is 0 Å². The third kappa shape index (κ3) is 1.35. The van der Waals surface area contributed by atoms with E-state index in [0.29, 0.717) is 0 Å². The molecule has 1 heterocycles. The van der Waals surface area contributed by atoms with Crippen molar-refractivity contribution in [2.24, 2.45) is 0 Å². The van der Waals surface area contributed by atoms with Crippen molar-refractivity contribution in [3.05, 3.63) is 41.7 Å². The van der Waals surface area contributed by atoms with Gasteiger partial charge in [-0.3, -0.25) is 0 Å². The Balaban J connectivity index is 2.64. The van der Waals surface area contributed by atoms with Crippen molar-refractivity contribution in [2.75, 3.05) is 0 Å². The molecule has 0 aliphatic heterocycles. The smallest absolute Gasteiger partial charge is 0.137 e. The van der Waals surface area contributed by atoms with Crippen LogP contribution in [-0.4, -0.2) is 9.97 Å². The minimum Gasteiger partial charge on any atom is -0.345 e. The first-order valence-electron chi connectivity index (χ1n) is 4.35. The van der Waals surface area contributed by atoms with E-state index in [1.807, 2.05) is 6.20 Å². The van der Waals surface area contributed by atoms with E-state index in [-0.39, 0.29) is 0 Å². The molecule has 1 aromatic heterocycles. The van der Waals surface area contributed by atoms with Gasteiger partial charge in [-0.25, -0.2) is 4.98 Å². The highest BCUT2D eigenvalue weighted by molar-refractivity contribution is 5.64. The van der Waals surface area contributed by atoms with E-state index in [4.69, 9.17) is 0 Å². The largest absolute Gasteiger partial charge is 0.345 e. The van der Waals surface area contributed by atoms with Crippen molar-refractivity contribution >= 4 is 0 Å². The van der Waals surface area contributed by atoms with Crippen LogP contribution < -0.4 is 0 Å². The van der Waals surface area contributed by atoms with E-state index >= 15 is 0 Å². The van der Waals surface area contributed by atoms with Crippen LogP contribution in [0.3, 0.4) is 0 Å². The molecule has 0 aliphatic rings. The Morgan fingerprint density at radius 3 is 2.38 bits per heavy atom. The summed E-state index contributed by atoms with van der Waals surface area (Å²) in [5.74, 6) is 0.954. The van der Waals surface area contributed by atoms with E-state index < -0.39 is 0 Å². The second-order valence-electron chi connectivity index (χ2n) is 3.20. The molecule has 2 nitrogen and oxygen atoms in total. The monoisotopic (exact) mass is 172 g/mol. The van der Waals surface area contributed by atoms with Crippen molar-refractivity contribution in [3.8, 4) is 11.4 Å². The molecule has 0 unspecified atom stereocenters. The summed E-state index contributed by atoms with van der Waals surface area (Å²) in [4.78, 5) is 7.38. The molecule has 2 heteroatoms. The highest BCUT2D eigenvalue weighted by atomic mass is 14.9. The molecule has 13 heavy (non-hydrogen) atoms. The zero-order valence-corrected chi connectivity index (χ0v) is 7.83. The van der Waals surface area contributed by atoms with Crippen LogP contribution in [0.5, 0.6) is 0 Å². The third-order valence-electron chi connectivity index (χ3n) is 2.22. The van der Waals surface area contributed by atoms with Crippen molar-refractivity contribution in [1.29, 1.82) is 0 Å². The number of aromatic nitrogens is 2. The molecule has 2 rings (SSSR count). The molecule has 0 fully saturated rings. The molecule has 0 radical (unpaired) electrons. The normalized spacial score (nSPS) is 10.3. The van der Waals surface area contributed by atoms with Crippen LogP contribution in [0.15, 0.2) is 30.6 Å². The number of rotatable bonds is 1. The van der Waals surface area contributed by atoms with E-state index in [2.05, 4.69) is 42.0 Å². The maximum Gasteiger partial charge on any atom is 0.137 e. The van der Waals surface area contributed by atoms with Crippen molar-refractivity contribution < 1.29 is 0 Å². The third-order valence-corrected chi connectivity index (χ3v) is 2.22. The van der Waals surface area contributed by atoms with Gasteiger partial charge in [0.25, 0.3) is 0 Å². The van der Waals surface area contributed by atoms with Gasteiger partial charge in [-0.1, -0.05) is 18.2 Å². The minimum atomic E-state index is 0.954. The van der Waals surface area contributed by atoms with Crippen molar-refractivity contribution in [1.82, 2.24) is 9.97 Å². The number of aromatic amines is 1.